The molecule has 0 heterocycles. The lowest BCUT2D eigenvalue weighted by Crippen LogP contribution is -2.33. The molecule has 0 spiro atoms. The number of carbonyl (C=O) groups is 1. The van der Waals surface area contributed by atoms with Gasteiger partial charge in [0.25, 0.3) is 0 Å². The molecule has 1 aromatic rings. The zero-order valence-electron chi connectivity index (χ0n) is 9.87. The third-order valence-electron chi connectivity index (χ3n) is 3.18. The quantitative estimate of drug-likeness (QED) is 0.829. The van der Waals surface area contributed by atoms with Crippen LogP contribution in [0.15, 0.2) is 18.2 Å². The number of nitrogens with two attached hydrogens (primary N) is 1. The first-order valence-corrected chi connectivity index (χ1v) is 5.88. The summed E-state index contributed by atoms with van der Waals surface area (Å²) in [7, 11) is 0. The van der Waals surface area contributed by atoms with Crippen molar-refractivity contribution < 1.29 is 9.18 Å². The van der Waals surface area contributed by atoms with Crippen LogP contribution in [0.1, 0.15) is 36.4 Å². The third-order valence-corrected chi connectivity index (χ3v) is 3.18. The molecule has 1 aliphatic rings. The van der Waals surface area contributed by atoms with E-state index in [0.29, 0.717) is 11.5 Å². The largest absolute Gasteiger partial charge is 0.352 e. The van der Waals surface area contributed by atoms with Crippen LogP contribution in [0.25, 0.3) is 0 Å². The Kier molecular flexibility index (Phi) is 3.31. The van der Waals surface area contributed by atoms with E-state index in [-0.39, 0.29) is 11.9 Å². The molecule has 0 unspecified atom stereocenters. The fraction of sp³-hybridized carbons (Fsp3) is 0.462. The SMILES string of the molecule is Cc1ccc([C@H](CC2CC2)NC(N)=O)cc1F. The van der Waals surface area contributed by atoms with Gasteiger partial charge in [-0.05, 0) is 36.5 Å². The minimum Gasteiger partial charge on any atom is -0.352 e. The first-order chi connectivity index (χ1) is 8.06. The second-order valence-corrected chi connectivity index (χ2v) is 4.75. The fourth-order valence-corrected chi connectivity index (χ4v) is 1.96. The second-order valence-electron chi connectivity index (χ2n) is 4.75. The number of urea groups is 1. The van der Waals surface area contributed by atoms with E-state index in [4.69, 9.17) is 5.73 Å². The summed E-state index contributed by atoms with van der Waals surface area (Å²) in [6, 6.07) is 4.33. The summed E-state index contributed by atoms with van der Waals surface area (Å²) in [4.78, 5) is 11.0. The molecule has 2 rings (SSSR count). The molecule has 1 saturated carbocycles. The van der Waals surface area contributed by atoms with E-state index < -0.39 is 6.03 Å². The van der Waals surface area contributed by atoms with Crippen molar-refractivity contribution in [2.24, 2.45) is 11.7 Å². The molecule has 2 amide bonds. The van der Waals surface area contributed by atoms with Crippen molar-refractivity contribution >= 4 is 6.03 Å². The van der Waals surface area contributed by atoms with Crippen LogP contribution in [0.5, 0.6) is 0 Å². The average molecular weight is 236 g/mol. The van der Waals surface area contributed by atoms with Crippen LogP contribution in [0.3, 0.4) is 0 Å². The molecule has 1 aromatic carbocycles. The lowest BCUT2D eigenvalue weighted by atomic mass is 10.00. The van der Waals surface area contributed by atoms with Crippen LogP contribution in [0.2, 0.25) is 0 Å². The molecule has 0 aromatic heterocycles. The molecule has 3 N–H and O–H groups in total. The highest BCUT2D eigenvalue weighted by molar-refractivity contribution is 5.72. The Morgan fingerprint density at radius 2 is 2.29 bits per heavy atom. The smallest absolute Gasteiger partial charge is 0.312 e. The average Bonchev–Trinajstić information content (AvgIpc) is 3.04. The topological polar surface area (TPSA) is 55.1 Å². The van der Waals surface area contributed by atoms with Gasteiger partial charge in [0.15, 0.2) is 0 Å². The van der Waals surface area contributed by atoms with E-state index in [1.54, 1.807) is 13.0 Å². The number of rotatable bonds is 4. The fourth-order valence-electron chi connectivity index (χ4n) is 1.96. The monoisotopic (exact) mass is 236 g/mol. The number of hydrogen-bond donors (Lipinski definition) is 2. The molecule has 0 radical (unpaired) electrons. The first-order valence-electron chi connectivity index (χ1n) is 5.88. The third kappa shape index (κ3) is 3.19. The molecule has 17 heavy (non-hydrogen) atoms. The van der Waals surface area contributed by atoms with Crippen LogP contribution in [-0.4, -0.2) is 6.03 Å². The van der Waals surface area contributed by atoms with Crippen molar-refractivity contribution in [1.82, 2.24) is 5.32 Å². The van der Waals surface area contributed by atoms with Crippen molar-refractivity contribution in [1.29, 1.82) is 0 Å². The standard InChI is InChI=1S/C13H17FN2O/c1-8-2-5-10(7-11(8)14)12(16-13(15)17)6-9-3-4-9/h2,5,7,9,12H,3-4,6H2,1H3,(H3,15,16,17)/t12-/m0/s1. The summed E-state index contributed by atoms with van der Waals surface area (Å²) in [5, 5.41) is 2.69. The van der Waals surface area contributed by atoms with E-state index in [1.807, 2.05) is 6.07 Å². The van der Waals surface area contributed by atoms with Gasteiger partial charge in [-0.2, -0.15) is 0 Å². The lowest BCUT2D eigenvalue weighted by Gasteiger charge is -2.18. The molecular formula is C13H17FN2O. The lowest BCUT2D eigenvalue weighted by molar-refractivity contribution is 0.244. The zero-order chi connectivity index (χ0) is 12.4. The van der Waals surface area contributed by atoms with Gasteiger partial charge in [0.05, 0.1) is 6.04 Å². The Morgan fingerprint density at radius 3 is 2.82 bits per heavy atom. The predicted molar refractivity (Wildman–Crippen MR) is 63.9 cm³/mol. The molecule has 4 heteroatoms. The molecule has 1 fully saturated rings. The van der Waals surface area contributed by atoms with E-state index in [9.17, 15) is 9.18 Å². The number of hydrogen-bond acceptors (Lipinski definition) is 1. The summed E-state index contributed by atoms with van der Waals surface area (Å²) >= 11 is 0. The van der Waals surface area contributed by atoms with E-state index >= 15 is 0 Å². The Bertz CT molecular complexity index is 429. The molecule has 1 atom stereocenters. The van der Waals surface area contributed by atoms with Crippen LogP contribution in [0.4, 0.5) is 9.18 Å². The Hall–Kier alpha value is -1.58. The summed E-state index contributed by atoms with van der Waals surface area (Å²) in [6.07, 6.45) is 3.21. The van der Waals surface area contributed by atoms with Gasteiger partial charge in [-0.1, -0.05) is 25.0 Å². The van der Waals surface area contributed by atoms with Gasteiger partial charge in [-0.15, -0.1) is 0 Å². The summed E-state index contributed by atoms with van der Waals surface area (Å²) in [5.41, 5.74) is 6.55. The first kappa shape index (κ1) is 11.9. The summed E-state index contributed by atoms with van der Waals surface area (Å²) < 4.78 is 13.5. The summed E-state index contributed by atoms with van der Waals surface area (Å²) in [5.74, 6) is 0.394. The molecule has 0 aliphatic heterocycles. The maximum absolute atomic E-state index is 13.5. The zero-order valence-corrected chi connectivity index (χ0v) is 9.87. The summed E-state index contributed by atoms with van der Waals surface area (Å²) in [6.45, 7) is 1.72. The van der Waals surface area contributed by atoms with Gasteiger partial charge < -0.3 is 11.1 Å². The molecule has 92 valence electrons. The number of benzene rings is 1. The number of carbonyl (C=O) groups excluding carboxylic acids is 1. The van der Waals surface area contributed by atoms with Crippen molar-refractivity contribution in [2.45, 2.75) is 32.2 Å². The van der Waals surface area contributed by atoms with Crippen molar-refractivity contribution in [3.8, 4) is 0 Å². The van der Waals surface area contributed by atoms with E-state index in [2.05, 4.69) is 5.32 Å². The van der Waals surface area contributed by atoms with E-state index in [1.165, 1.54) is 18.9 Å². The number of primary amides is 1. The number of halogens is 1. The van der Waals surface area contributed by atoms with E-state index in [0.717, 1.165) is 12.0 Å². The highest BCUT2D eigenvalue weighted by atomic mass is 19.1. The van der Waals surface area contributed by atoms with Gasteiger partial charge >= 0.3 is 6.03 Å². The molecule has 0 saturated heterocycles. The maximum Gasteiger partial charge on any atom is 0.312 e. The molecule has 0 bridgehead atoms. The highest BCUT2D eigenvalue weighted by Gasteiger charge is 2.27. The predicted octanol–water partition coefficient (Wildman–Crippen LogP) is 2.64. The Labute approximate surface area is 100 Å². The van der Waals surface area contributed by atoms with Crippen LogP contribution in [-0.2, 0) is 0 Å². The van der Waals surface area contributed by atoms with Gasteiger partial charge in [-0.3, -0.25) is 0 Å². The minimum absolute atomic E-state index is 0.171. The normalized spacial score (nSPS) is 16.6. The van der Waals surface area contributed by atoms with Crippen LogP contribution >= 0.6 is 0 Å². The number of aryl methyl sites for hydroxylation is 1. The molecule has 3 nitrogen and oxygen atoms in total. The van der Waals surface area contributed by atoms with Gasteiger partial charge in [0, 0.05) is 0 Å². The van der Waals surface area contributed by atoms with Crippen molar-refractivity contribution in [2.75, 3.05) is 0 Å². The van der Waals surface area contributed by atoms with Crippen molar-refractivity contribution in [3.63, 3.8) is 0 Å². The molecule has 1 aliphatic carbocycles. The van der Waals surface area contributed by atoms with Crippen molar-refractivity contribution in [3.05, 3.63) is 35.1 Å². The number of nitrogens with one attached hydrogen (secondary N) is 1. The van der Waals surface area contributed by atoms with Gasteiger partial charge in [0.2, 0.25) is 0 Å². The Morgan fingerprint density at radius 1 is 1.59 bits per heavy atom. The van der Waals surface area contributed by atoms with Crippen LogP contribution in [0, 0.1) is 18.7 Å². The molecular weight excluding hydrogens is 219 g/mol. The maximum atomic E-state index is 13.5. The van der Waals surface area contributed by atoms with Crippen LogP contribution < -0.4 is 11.1 Å². The second kappa shape index (κ2) is 4.73. The minimum atomic E-state index is -0.559. The Balaban J connectivity index is 2.16. The van der Waals surface area contributed by atoms with Gasteiger partial charge in [0.1, 0.15) is 5.82 Å². The van der Waals surface area contributed by atoms with Gasteiger partial charge in [-0.25, -0.2) is 9.18 Å². The number of amides is 2. The highest BCUT2D eigenvalue weighted by Crippen LogP contribution is 2.37.